The van der Waals surface area contributed by atoms with Gasteiger partial charge in [0.05, 0.1) is 6.04 Å². The van der Waals surface area contributed by atoms with E-state index in [1.165, 1.54) is 24.9 Å². The topological polar surface area (TPSA) is 63.1 Å². The van der Waals surface area contributed by atoms with Crippen LogP contribution in [0.4, 0.5) is 4.39 Å². The minimum Gasteiger partial charge on any atom is -0.352 e. The number of halogens is 1. The fourth-order valence-electron chi connectivity index (χ4n) is 3.38. The lowest BCUT2D eigenvalue weighted by molar-refractivity contribution is -0.129. The number of carbonyl (C=O) groups excluding carboxylic acids is 1. The van der Waals surface area contributed by atoms with Crippen LogP contribution in [0, 0.1) is 5.82 Å². The summed E-state index contributed by atoms with van der Waals surface area (Å²) < 4.78 is 14.9. The molecule has 1 aromatic carbocycles. The molecule has 1 aromatic heterocycles. The molecule has 7 heteroatoms. The lowest BCUT2D eigenvalue weighted by atomic mass is 10.00. The standard InChI is InChI=1S/C19H26FN5O/c1-19(2,25-14-21-13-23-25)18(26)22-12-17(24-10-4-3-5-11-24)15-6-8-16(20)9-7-15/h6-9,13-14,17H,3-5,10-12H2,1-2H3,(H,22,26)/t17-/m1/s1. The van der Waals surface area contributed by atoms with Crippen LogP contribution in [-0.4, -0.2) is 45.2 Å². The predicted octanol–water partition coefficient (Wildman–Crippen LogP) is 2.50. The second-order valence-corrected chi connectivity index (χ2v) is 7.27. The zero-order valence-corrected chi connectivity index (χ0v) is 15.4. The van der Waals surface area contributed by atoms with Crippen LogP contribution in [0.2, 0.25) is 0 Å². The molecule has 1 atom stereocenters. The van der Waals surface area contributed by atoms with Gasteiger partial charge in [-0.05, 0) is 57.5 Å². The Morgan fingerprint density at radius 2 is 1.92 bits per heavy atom. The maximum atomic E-state index is 13.3. The fraction of sp³-hybridized carbons (Fsp3) is 0.526. The van der Waals surface area contributed by atoms with Crippen molar-refractivity contribution in [3.8, 4) is 0 Å². The molecule has 6 nitrogen and oxygen atoms in total. The monoisotopic (exact) mass is 359 g/mol. The lowest BCUT2D eigenvalue weighted by Gasteiger charge is -2.35. The molecular formula is C19H26FN5O. The number of benzene rings is 1. The second kappa shape index (κ2) is 7.95. The SMILES string of the molecule is CC(C)(C(=O)NC[C@H](c1ccc(F)cc1)N1CCCCC1)n1cncn1. The quantitative estimate of drug-likeness (QED) is 0.861. The summed E-state index contributed by atoms with van der Waals surface area (Å²) in [5.74, 6) is -0.366. The van der Waals surface area contributed by atoms with Crippen LogP contribution >= 0.6 is 0 Å². The van der Waals surface area contributed by atoms with E-state index in [0.29, 0.717) is 6.54 Å². The van der Waals surface area contributed by atoms with Crippen molar-refractivity contribution in [1.82, 2.24) is 25.0 Å². The van der Waals surface area contributed by atoms with Crippen LogP contribution in [-0.2, 0) is 10.3 Å². The third-order valence-electron chi connectivity index (χ3n) is 5.09. The molecule has 0 aliphatic carbocycles. The van der Waals surface area contributed by atoms with Gasteiger partial charge in [-0.2, -0.15) is 5.10 Å². The Morgan fingerprint density at radius 1 is 1.23 bits per heavy atom. The van der Waals surface area contributed by atoms with Crippen LogP contribution in [0.15, 0.2) is 36.9 Å². The van der Waals surface area contributed by atoms with Gasteiger partial charge in [-0.25, -0.2) is 14.1 Å². The molecule has 1 fully saturated rings. The first-order chi connectivity index (χ1) is 12.5. The van der Waals surface area contributed by atoms with Gasteiger partial charge < -0.3 is 5.32 Å². The Morgan fingerprint density at radius 3 is 2.54 bits per heavy atom. The Kier molecular flexibility index (Phi) is 5.66. The summed E-state index contributed by atoms with van der Waals surface area (Å²) in [6.07, 6.45) is 6.50. The first-order valence-corrected chi connectivity index (χ1v) is 9.11. The molecule has 26 heavy (non-hydrogen) atoms. The molecule has 1 saturated heterocycles. The number of hydrogen-bond donors (Lipinski definition) is 1. The Balaban J connectivity index is 1.73. The van der Waals surface area contributed by atoms with E-state index in [-0.39, 0.29) is 17.8 Å². The maximum Gasteiger partial charge on any atom is 0.247 e. The summed E-state index contributed by atoms with van der Waals surface area (Å²) in [6, 6.07) is 6.61. The fourth-order valence-corrected chi connectivity index (χ4v) is 3.38. The highest BCUT2D eigenvalue weighted by Gasteiger charge is 2.32. The van der Waals surface area contributed by atoms with E-state index in [1.54, 1.807) is 11.0 Å². The molecule has 1 aliphatic heterocycles. The van der Waals surface area contributed by atoms with Gasteiger partial charge in [0.15, 0.2) is 0 Å². The van der Waals surface area contributed by atoms with E-state index in [2.05, 4.69) is 20.3 Å². The van der Waals surface area contributed by atoms with Crippen LogP contribution in [0.1, 0.15) is 44.7 Å². The molecule has 1 N–H and O–H groups in total. The number of hydrogen-bond acceptors (Lipinski definition) is 4. The van der Waals surface area contributed by atoms with Gasteiger partial charge in [0.1, 0.15) is 24.0 Å². The average molecular weight is 359 g/mol. The number of carbonyl (C=O) groups is 1. The number of likely N-dealkylation sites (tertiary alicyclic amines) is 1. The molecular weight excluding hydrogens is 333 g/mol. The third kappa shape index (κ3) is 4.09. The lowest BCUT2D eigenvalue weighted by Crippen LogP contribution is -2.48. The van der Waals surface area contributed by atoms with Gasteiger partial charge in [-0.3, -0.25) is 9.69 Å². The molecule has 0 radical (unpaired) electrons. The molecule has 140 valence electrons. The van der Waals surface area contributed by atoms with E-state index in [1.807, 2.05) is 26.0 Å². The zero-order valence-electron chi connectivity index (χ0n) is 15.4. The van der Waals surface area contributed by atoms with Crippen molar-refractivity contribution in [2.75, 3.05) is 19.6 Å². The number of amides is 1. The molecule has 0 unspecified atom stereocenters. The highest BCUT2D eigenvalue weighted by atomic mass is 19.1. The van der Waals surface area contributed by atoms with Crippen molar-refractivity contribution in [3.63, 3.8) is 0 Å². The summed E-state index contributed by atoms with van der Waals surface area (Å²) in [6.45, 7) is 6.08. The number of nitrogens with zero attached hydrogens (tertiary/aromatic N) is 4. The van der Waals surface area contributed by atoms with Crippen LogP contribution < -0.4 is 5.32 Å². The molecule has 2 heterocycles. The van der Waals surface area contributed by atoms with Crippen molar-refractivity contribution in [3.05, 3.63) is 48.3 Å². The summed E-state index contributed by atoms with van der Waals surface area (Å²) in [4.78, 5) is 19.1. The van der Waals surface area contributed by atoms with Crippen LogP contribution in [0.25, 0.3) is 0 Å². The Bertz CT molecular complexity index is 708. The zero-order chi connectivity index (χ0) is 18.6. The minimum atomic E-state index is -0.828. The molecule has 0 bridgehead atoms. The minimum absolute atomic E-state index is 0.0337. The summed E-state index contributed by atoms with van der Waals surface area (Å²) in [7, 11) is 0. The van der Waals surface area contributed by atoms with E-state index >= 15 is 0 Å². The molecule has 1 amide bonds. The summed E-state index contributed by atoms with van der Waals surface area (Å²) >= 11 is 0. The van der Waals surface area contributed by atoms with Gasteiger partial charge in [0.2, 0.25) is 5.91 Å². The van der Waals surface area contributed by atoms with Gasteiger partial charge >= 0.3 is 0 Å². The summed E-state index contributed by atoms with van der Waals surface area (Å²) in [5.41, 5.74) is 0.193. The first kappa shape index (κ1) is 18.5. The molecule has 1 aliphatic rings. The van der Waals surface area contributed by atoms with Gasteiger partial charge in [-0.1, -0.05) is 18.6 Å². The van der Waals surface area contributed by atoms with Crippen molar-refractivity contribution in [2.45, 2.75) is 44.7 Å². The normalized spacial score (nSPS) is 17.0. The highest BCUT2D eigenvalue weighted by molar-refractivity contribution is 5.83. The van der Waals surface area contributed by atoms with Crippen LogP contribution in [0.3, 0.4) is 0 Å². The van der Waals surface area contributed by atoms with E-state index in [4.69, 9.17) is 0 Å². The summed E-state index contributed by atoms with van der Waals surface area (Å²) in [5, 5.41) is 7.15. The van der Waals surface area contributed by atoms with Crippen molar-refractivity contribution in [1.29, 1.82) is 0 Å². The first-order valence-electron chi connectivity index (χ1n) is 9.11. The Hall–Kier alpha value is -2.28. The van der Waals surface area contributed by atoms with Crippen molar-refractivity contribution >= 4 is 5.91 Å². The Labute approximate surface area is 153 Å². The second-order valence-electron chi connectivity index (χ2n) is 7.27. The average Bonchev–Trinajstić information content (AvgIpc) is 3.19. The van der Waals surface area contributed by atoms with Gasteiger partial charge in [-0.15, -0.1) is 0 Å². The number of rotatable bonds is 6. The van der Waals surface area contributed by atoms with Crippen LogP contribution in [0.5, 0.6) is 0 Å². The van der Waals surface area contributed by atoms with Crippen molar-refractivity contribution in [2.24, 2.45) is 0 Å². The number of aromatic nitrogens is 3. The van der Waals surface area contributed by atoms with Gasteiger partial charge in [0, 0.05) is 6.54 Å². The number of nitrogens with one attached hydrogen (secondary N) is 1. The van der Waals surface area contributed by atoms with E-state index < -0.39 is 5.54 Å². The predicted molar refractivity (Wildman–Crippen MR) is 96.9 cm³/mol. The smallest absolute Gasteiger partial charge is 0.247 e. The van der Waals surface area contributed by atoms with Gasteiger partial charge in [0.25, 0.3) is 0 Å². The molecule has 0 spiro atoms. The van der Waals surface area contributed by atoms with E-state index in [9.17, 15) is 9.18 Å². The molecule has 2 aromatic rings. The highest BCUT2D eigenvalue weighted by Crippen LogP contribution is 2.25. The largest absolute Gasteiger partial charge is 0.352 e. The third-order valence-corrected chi connectivity index (χ3v) is 5.09. The van der Waals surface area contributed by atoms with E-state index in [0.717, 1.165) is 31.5 Å². The van der Waals surface area contributed by atoms with Crippen molar-refractivity contribution < 1.29 is 9.18 Å². The molecule has 0 saturated carbocycles. The molecule has 3 rings (SSSR count). The maximum absolute atomic E-state index is 13.3. The number of piperidine rings is 1.